The second-order valence-corrected chi connectivity index (χ2v) is 7.04. The number of nitrogens with zero attached hydrogens (tertiary/aromatic N) is 3. The molecule has 0 aliphatic carbocycles. The Labute approximate surface area is 151 Å². The van der Waals surface area contributed by atoms with Gasteiger partial charge in [0.1, 0.15) is 17.0 Å². The molecule has 0 aliphatic heterocycles. The van der Waals surface area contributed by atoms with Crippen molar-refractivity contribution in [2.24, 2.45) is 0 Å². The lowest BCUT2D eigenvalue weighted by atomic mass is 10.2. The summed E-state index contributed by atoms with van der Waals surface area (Å²) in [6, 6.07) is -0.106. The summed E-state index contributed by atoms with van der Waals surface area (Å²) >= 11 is 0. The molecule has 7 nitrogen and oxygen atoms in total. The minimum Gasteiger partial charge on any atom is -0.444 e. The van der Waals surface area contributed by atoms with Crippen molar-refractivity contribution in [2.45, 2.75) is 58.9 Å². The maximum absolute atomic E-state index is 13.0. The molecule has 0 saturated carbocycles. The minimum atomic E-state index is -4.59. The molecule has 0 atom stereocenters. The standard InChI is InChI=1S/C16H26F3N5O2/c1-10(2)24(14(25)26-15(3,4)5)8-6-7-21-12-11(16(17,18)19)9-22-13(20)23-12/h9-10H,6-8H2,1-5H3,(H3,20,21,22,23). The van der Waals surface area contributed by atoms with Crippen LogP contribution < -0.4 is 11.1 Å². The van der Waals surface area contributed by atoms with Gasteiger partial charge in [0.05, 0.1) is 0 Å². The number of nitrogens with one attached hydrogen (secondary N) is 1. The Hall–Kier alpha value is -2.26. The number of hydrogen-bond acceptors (Lipinski definition) is 6. The predicted octanol–water partition coefficient (Wildman–Crippen LogP) is 3.53. The van der Waals surface area contributed by atoms with Crippen molar-refractivity contribution < 1.29 is 22.7 Å². The fourth-order valence-corrected chi connectivity index (χ4v) is 2.07. The molecule has 26 heavy (non-hydrogen) atoms. The van der Waals surface area contributed by atoms with Crippen LogP contribution in [0.1, 0.15) is 46.6 Å². The van der Waals surface area contributed by atoms with Gasteiger partial charge < -0.3 is 20.7 Å². The molecule has 3 N–H and O–H groups in total. The fraction of sp³-hybridized carbons (Fsp3) is 0.688. The second-order valence-electron chi connectivity index (χ2n) is 7.04. The van der Waals surface area contributed by atoms with Gasteiger partial charge in [-0.3, -0.25) is 0 Å². The van der Waals surface area contributed by atoms with E-state index in [2.05, 4.69) is 15.3 Å². The highest BCUT2D eigenvalue weighted by Gasteiger charge is 2.35. The smallest absolute Gasteiger partial charge is 0.421 e. The quantitative estimate of drug-likeness (QED) is 0.737. The molecule has 10 heteroatoms. The topological polar surface area (TPSA) is 93.4 Å². The van der Waals surface area contributed by atoms with Crippen LogP contribution in [0.4, 0.5) is 29.7 Å². The highest BCUT2D eigenvalue weighted by atomic mass is 19.4. The van der Waals surface area contributed by atoms with E-state index in [1.807, 2.05) is 13.8 Å². The summed E-state index contributed by atoms with van der Waals surface area (Å²) in [5.41, 5.74) is 3.75. The Balaban J connectivity index is 2.67. The largest absolute Gasteiger partial charge is 0.444 e. The Morgan fingerprint density at radius 2 is 1.96 bits per heavy atom. The van der Waals surface area contributed by atoms with Gasteiger partial charge in [0.15, 0.2) is 0 Å². The molecule has 148 valence electrons. The zero-order valence-corrected chi connectivity index (χ0v) is 15.6. The number of carbonyl (C=O) groups excluding carboxylic acids is 1. The van der Waals surface area contributed by atoms with Crippen molar-refractivity contribution >= 4 is 17.9 Å². The summed E-state index contributed by atoms with van der Waals surface area (Å²) in [6.07, 6.45) is -4.00. The van der Waals surface area contributed by atoms with Crippen LogP contribution in [0.3, 0.4) is 0 Å². The molecule has 0 bridgehead atoms. The van der Waals surface area contributed by atoms with Crippen molar-refractivity contribution in [1.29, 1.82) is 0 Å². The van der Waals surface area contributed by atoms with E-state index in [0.717, 1.165) is 0 Å². The molecular weight excluding hydrogens is 351 g/mol. The third-order valence-corrected chi connectivity index (χ3v) is 3.23. The lowest BCUT2D eigenvalue weighted by molar-refractivity contribution is -0.137. The molecule has 0 spiro atoms. The fourth-order valence-electron chi connectivity index (χ4n) is 2.07. The number of rotatable bonds is 6. The van der Waals surface area contributed by atoms with Crippen LogP contribution >= 0.6 is 0 Å². The molecule has 1 aromatic rings. The van der Waals surface area contributed by atoms with Crippen LogP contribution in [-0.2, 0) is 10.9 Å². The van der Waals surface area contributed by atoms with E-state index in [9.17, 15) is 18.0 Å². The summed E-state index contributed by atoms with van der Waals surface area (Å²) in [5, 5.41) is 2.61. The van der Waals surface area contributed by atoms with Crippen molar-refractivity contribution in [1.82, 2.24) is 14.9 Å². The van der Waals surface area contributed by atoms with Crippen LogP contribution in [0.15, 0.2) is 6.20 Å². The molecule has 0 unspecified atom stereocenters. The zero-order valence-electron chi connectivity index (χ0n) is 15.6. The maximum Gasteiger partial charge on any atom is 0.421 e. The number of halogens is 3. The first-order chi connectivity index (χ1) is 11.8. The normalized spacial score (nSPS) is 12.2. The third kappa shape index (κ3) is 6.93. The summed E-state index contributed by atoms with van der Waals surface area (Å²) in [5.74, 6) is -0.628. The molecule has 0 aliphatic rings. The molecule has 1 aromatic heterocycles. The number of aromatic nitrogens is 2. The van der Waals surface area contributed by atoms with Gasteiger partial charge >= 0.3 is 12.3 Å². The number of ether oxygens (including phenoxy) is 1. The first kappa shape index (κ1) is 21.8. The lowest BCUT2D eigenvalue weighted by Gasteiger charge is -2.30. The number of anilines is 2. The first-order valence-electron chi connectivity index (χ1n) is 8.24. The van der Waals surface area contributed by atoms with Crippen LogP contribution in [0.2, 0.25) is 0 Å². The van der Waals surface area contributed by atoms with Crippen LogP contribution in [0, 0.1) is 0 Å². The highest BCUT2D eigenvalue weighted by Crippen LogP contribution is 2.33. The average Bonchev–Trinajstić information content (AvgIpc) is 2.43. The van der Waals surface area contributed by atoms with Gasteiger partial charge in [0.2, 0.25) is 5.95 Å². The van der Waals surface area contributed by atoms with Gasteiger partial charge in [-0.15, -0.1) is 0 Å². The van der Waals surface area contributed by atoms with E-state index < -0.39 is 23.4 Å². The molecule has 0 aromatic carbocycles. The van der Waals surface area contributed by atoms with Crippen molar-refractivity contribution in [2.75, 3.05) is 24.1 Å². The van der Waals surface area contributed by atoms with Gasteiger partial charge in [0.25, 0.3) is 0 Å². The Bertz CT molecular complexity index is 615. The summed E-state index contributed by atoms with van der Waals surface area (Å²) < 4.78 is 44.2. The molecule has 0 saturated heterocycles. The van der Waals surface area contributed by atoms with Crippen LogP contribution in [-0.4, -0.2) is 45.7 Å². The lowest BCUT2D eigenvalue weighted by Crippen LogP contribution is -2.41. The maximum atomic E-state index is 13.0. The van der Waals surface area contributed by atoms with E-state index in [-0.39, 0.29) is 24.4 Å². The molecule has 1 amide bonds. The van der Waals surface area contributed by atoms with Crippen molar-refractivity contribution in [3.63, 3.8) is 0 Å². The summed E-state index contributed by atoms with van der Waals surface area (Å²) in [4.78, 5) is 20.7. The average molecular weight is 377 g/mol. The predicted molar refractivity (Wildman–Crippen MR) is 92.6 cm³/mol. The van der Waals surface area contributed by atoms with E-state index in [0.29, 0.717) is 19.2 Å². The van der Waals surface area contributed by atoms with Gasteiger partial charge in [-0.2, -0.15) is 18.2 Å². The number of hydrogen-bond donors (Lipinski definition) is 2. The molecule has 0 radical (unpaired) electrons. The van der Waals surface area contributed by atoms with E-state index >= 15 is 0 Å². The molecular formula is C16H26F3N5O2. The molecule has 1 heterocycles. The van der Waals surface area contributed by atoms with E-state index in [4.69, 9.17) is 10.5 Å². The molecule has 1 rings (SSSR count). The minimum absolute atomic E-state index is 0.106. The van der Waals surface area contributed by atoms with Crippen LogP contribution in [0.5, 0.6) is 0 Å². The summed E-state index contributed by atoms with van der Waals surface area (Å²) in [6.45, 7) is 9.47. The highest BCUT2D eigenvalue weighted by molar-refractivity contribution is 5.68. The van der Waals surface area contributed by atoms with Gasteiger partial charge in [-0.05, 0) is 41.0 Å². The SMILES string of the molecule is CC(C)N(CCCNc1nc(N)ncc1C(F)(F)F)C(=O)OC(C)(C)C. The van der Waals surface area contributed by atoms with E-state index in [1.54, 1.807) is 20.8 Å². The first-order valence-corrected chi connectivity index (χ1v) is 8.24. The Morgan fingerprint density at radius 3 is 2.46 bits per heavy atom. The third-order valence-electron chi connectivity index (χ3n) is 3.23. The molecule has 0 fully saturated rings. The van der Waals surface area contributed by atoms with Crippen molar-refractivity contribution in [3.8, 4) is 0 Å². The number of alkyl halides is 3. The Kier molecular flexibility index (Phi) is 7.05. The van der Waals surface area contributed by atoms with Gasteiger partial charge in [-0.1, -0.05) is 0 Å². The second kappa shape index (κ2) is 8.41. The number of nitrogens with two attached hydrogens (primary N) is 1. The van der Waals surface area contributed by atoms with Crippen LogP contribution in [0.25, 0.3) is 0 Å². The van der Waals surface area contributed by atoms with Gasteiger partial charge in [0, 0.05) is 25.3 Å². The van der Waals surface area contributed by atoms with E-state index in [1.165, 1.54) is 4.90 Å². The number of amides is 1. The number of nitrogen functional groups attached to an aromatic ring is 1. The Morgan fingerprint density at radius 1 is 1.35 bits per heavy atom. The number of carbonyl (C=O) groups is 1. The summed E-state index contributed by atoms with van der Waals surface area (Å²) in [7, 11) is 0. The zero-order chi connectivity index (χ0) is 20.1. The van der Waals surface area contributed by atoms with Crippen molar-refractivity contribution in [3.05, 3.63) is 11.8 Å². The van der Waals surface area contributed by atoms with Gasteiger partial charge in [-0.25, -0.2) is 9.78 Å². The monoisotopic (exact) mass is 377 g/mol.